The highest BCUT2D eigenvalue weighted by atomic mass is 32.1. The zero-order chi connectivity index (χ0) is 14.8. The average Bonchev–Trinajstić information content (AvgIpc) is 2.98. The van der Waals surface area contributed by atoms with Crippen LogP contribution in [-0.4, -0.2) is 36.1 Å². The van der Waals surface area contributed by atoms with Gasteiger partial charge in [-0.25, -0.2) is 4.98 Å². The largest absolute Gasteiger partial charge is 0.346 e. The van der Waals surface area contributed by atoms with Gasteiger partial charge in [0.25, 0.3) is 5.69 Å². The molecule has 1 aliphatic rings. The number of anilines is 1. The third kappa shape index (κ3) is 2.88. The monoisotopic (exact) mass is 304 g/mol. The molecule has 3 rings (SSSR count). The summed E-state index contributed by atoms with van der Waals surface area (Å²) < 4.78 is 0. The summed E-state index contributed by atoms with van der Waals surface area (Å²) in [5.41, 5.74) is 2.41. The van der Waals surface area contributed by atoms with Gasteiger partial charge in [0.05, 0.1) is 10.6 Å². The number of hydrogen-bond donors (Lipinski definition) is 1. The van der Waals surface area contributed by atoms with Crippen molar-refractivity contribution in [1.82, 2.24) is 10.3 Å². The number of piperazine rings is 1. The van der Waals surface area contributed by atoms with E-state index in [0.29, 0.717) is 5.56 Å². The third-order valence-corrected chi connectivity index (χ3v) is 4.48. The number of nitro groups is 1. The van der Waals surface area contributed by atoms with Crippen LogP contribution in [0.15, 0.2) is 23.6 Å². The first-order valence-corrected chi connectivity index (χ1v) is 7.70. The predicted molar refractivity (Wildman–Crippen MR) is 84.0 cm³/mol. The molecule has 0 unspecified atom stereocenters. The Kier molecular flexibility index (Phi) is 3.85. The average molecular weight is 304 g/mol. The fourth-order valence-corrected chi connectivity index (χ4v) is 3.25. The number of nitrogens with one attached hydrogen (secondary N) is 1. The van der Waals surface area contributed by atoms with Gasteiger partial charge in [0.2, 0.25) is 0 Å². The van der Waals surface area contributed by atoms with Gasteiger partial charge in [-0.2, -0.15) is 0 Å². The van der Waals surface area contributed by atoms with Gasteiger partial charge in [-0.1, -0.05) is 12.1 Å². The summed E-state index contributed by atoms with van der Waals surface area (Å²) in [6.45, 7) is 5.56. The number of rotatable bonds is 3. The van der Waals surface area contributed by atoms with Gasteiger partial charge in [-0.15, -0.1) is 11.3 Å². The van der Waals surface area contributed by atoms with Gasteiger partial charge in [0.1, 0.15) is 0 Å². The Morgan fingerprint density at radius 2 is 2.14 bits per heavy atom. The highest BCUT2D eigenvalue weighted by molar-refractivity contribution is 7.14. The first kappa shape index (κ1) is 14.0. The predicted octanol–water partition coefficient (Wildman–Crippen LogP) is 2.44. The summed E-state index contributed by atoms with van der Waals surface area (Å²) in [6, 6.07) is 5.27. The molecular weight excluding hydrogens is 288 g/mol. The van der Waals surface area contributed by atoms with Crippen molar-refractivity contribution in [3.8, 4) is 11.3 Å². The molecule has 0 saturated carbocycles. The Bertz CT molecular complexity index is 665. The van der Waals surface area contributed by atoms with Gasteiger partial charge in [-0.3, -0.25) is 10.1 Å². The van der Waals surface area contributed by atoms with Crippen LogP contribution in [0, 0.1) is 17.0 Å². The molecule has 21 heavy (non-hydrogen) atoms. The molecule has 0 aliphatic carbocycles. The van der Waals surface area contributed by atoms with Crippen molar-refractivity contribution >= 4 is 22.2 Å². The van der Waals surface area contributed by atoms with Crippen molar-refractivity contribution in [1.29, 1.82) is 0 Å². The van der Waals surface area contributed by atoms with Crippen molar-refractivity contribution in [3.05, 3.63) is 39.3 Å². The van der Waals surface area contributed by atoms with Gasteiger partial charge < -0.3 is 10.2 Å². The molecule has 0 bridgehead atoms. The summed E-state index contributed by atoms with van der Waals surface area (Å²) in [6.07, 6.45) is 0. The number of nitrogens with zero attached hydrogens (tertiary/aromatic N) is 3. The second-order valence-electron chi connectivity index (χ2n) is 5.01. The van der Waals surface area contributed by atoms with Crippen molar-refractivity contribution in [3.63, 3.8) is 0 Å². The van der Waals surface area contributed by atoms with Crippen LogP contribution in [0.3, 0.4) is 0 Å². The van der Waals surface area contributed by atoms with E-state index in [9.17, 15) is 10.1 Å². The second kappa shape index (κ2) is 5.79. The van der Waals surface area contributed by atoms with Gasteiger partial charge in [0.15, 0.2) is 5.13 Å². The molecule has 1 aliphatic heterocycles. The van der Waals surface area contributed by atoms with E-state index in [1.807, 2.05) is 11.4 Å². The van der Waals surface area contributed by atoms with Crippen molar-refractivity contribution in [2.75, 3.05) is 31.1 Å². The lowest BCUT2D eigenvalue weighted by atomic mass is 10.1. The molecule has 0 amide bonds. The van der Waals surface area contributed by atoms with Crippen LogP contribution in [0.1, 0.15) is 5.56 Å². The molecule has 0 radical (unpaired) electrons. The van der Waals surface area contributed by atoms with Crippen molar-refractivity contribution < 1.29 is 4.92 Å². The lowest BCUT2D eigenvalue weighted by Crippen LogP contribution is -2.43. The molecule has 0 spiro atoms. The number of aryl methyl sites for hydroxylation is 1. The van der Waals surface area contributed by atoms with Crippen LogP contribution in [0.2, 0.25) is 0 Å². The van der Waals surface area contributed by atoms with Crippen LogP contribution in [0.5, 0.6) is 0 Å². The summed E-state index contributed by atoms with van der Waals surface area (Å²) in [4.78, 5) is 17.6. The molecule has 1 saturated heterocycles. The van der Waals surface area contributed by atoms with Gasteiger partial charge >= 0.3 is 0 Å². The summed E-state index contributed by atoms with van der Waals surface area (Å²) in [7, 11) is 0. The minimum Gasteiger partial charge on any atom is -0.346 e. The van der Waals surface area contributed by atoms with Crippen LogP contribution < -0.4 is 10.2 Å². The van der Waals surface area contributed by atoms with Gasteiger partial charge in [0, 0.05) is 48.8 Å². The Labute approximate surface area is 126 Å². The van der Waals surface area contributed by atoms with Crippen LogP contribution >= 0.6 is 11.3 Å². The van der Waals surface area contributed by atoms with E-state index < -0.39 is 0 Å². The van der Waals surface area contributed by atoms with E-state index in [4.69, 9.17) is 0 Å². The molecule has 7 heteroatoms. The minimum atomic E-state index is -0.345. The Morgan fingerprint density at radius 3 is 2.86 bits per heavy atom. The molecule has 2 aromatic rings. The highest BCUT2D eigenvalue weighted by Crippen LogP contribution is 2.30. The lowest BCUT2D eigenvalue weighted by Gasteiger charge is -2.26. The summed E-state index contributed by atoms with van der Waals surface area (Å²) >= 11 is 1.59. The van der Waals surface area contributed by atoms with Crippen LogP contribution in [0.4, 0.5) is 10.8 Å². The van der Waals surface area contributed by atoms with Crippen LogP contribution in [0.25, 0.3) is 11.3 Å². The molecule has 2 heterocycles. The number of aromatic nitrogens is 1. The molecule has 1 aromatic carbocycles. The molecule has 0 atom stereocenters. The van der Waals surface area contributed by atoms with E-state index >= 15 is 0 Å². The molecule has 1 fully saturated rings. The van der Waals surface area contributed by atoms with Crippen LogP contribution in [-0.2, 0) is 0 Å². The highest BCUT2D eigenvalue weighted by Gasteiger charge is 2.17. The molecule has 1 aromatic heterocycles. The molecular formula is C14H16N4O2S. The van der Waals surface area contributed by atoms with E-state index in [1.165, 1.54) is 0 Å². The lowest BCUT2D eigenvalue weighted by molar-refractivity contribution is -0.385. The standard InChI is InChI=1S/C14H16N4O2S/c1-10-2-3-11(8-13(10)18(19)20)12-9-21-14(16-12)17-6-4-15-5-7-17/h2-3,8-9,15H,4-7H2,1H3. The fourth-order valence-electron chi connectivity index (χ4n) is 2.36. The number of benzene rings is 1. The first-order valence-electron chi connectivity index (χ1n) is 6.82. The maximum Gasteiger partial charge on any atom is 0.272 e. The smallest absolute Gasteiger partial charge is 0.272 e. The number of thiazole rings is 1. The van der Waals surface area contributed by atoms with E-state index in [2.05, 4.69) is 15.2 Å². The number of nitro benzene ring substituents is 1. The quantitative estimate of drug-likeness (QED) is 0.696. The van der Waals surface area contributed by atoms with E-state index in [0.717, 1.165) is 42.6 Å². The second-order valence-corrected chi connectivity index (χ2v) is 5.85. The summed E-state index contributed by atoms with van der Waals surface area (Å²) in [5, 5.41) is 17.3. The zero-order valence-electron chi connectivity index (χ0n) is 11.7. The minimum absolute atomic E-state index is 0.143. The zero-order valence-corrected chi connectivity index (χ0v) is 12.5. The molecule has 1 N–H and O–H groups in total. The Hall–Kier alpha value is -1.99. The summed E-state index contributed by atoms with van der Waals surface area (Å²) in [5.74, 6) is 0. The third-order valence-electron chi connectivity index (χ3n) is 3.58. The normalized spacial score (nSPS) is 15.2. The maximum atomic E-state index is 11.0. The molecule has 6 nitrogen and oxygen atoms in total. The number of hydrogen-bond acceptors (Lipinski definition) is 6. The van der Waals surface area contributed by atoms with E-state index in [1.54, 1.807) is 30.4 Å². The fraction of sp³-hybridized carbons (Fsp3) is 0.357. The van der Waals surface area contributed by atoms with Crippen molar-refractivity contribution in [2.45, 2.75) is 6.92 Å². The maximum absolute atomic E-state index is 11.0. The van der Waals surface area contributed by atoms with E-state index in [-0.39, 0.29) is 10.6 Å². The Balaban J connectivity index is 1.89. The SMILES string of the molecule is Cc1ccc(-c2csc(N3CCNCC3)n2)cc1[N+](=O)[O-]. The Morgan fingerprint density at radius 1 is 1.38 bits per heavy atom. The first-order chi connectivity index (χ1) is 10.1. The van der Waals surface area contributed by atoms with Crippen molar-refractivity contribution in [2.24, 2.45) is 0 Å². The topological polar surface area (TPSA) is 71.3 Å². The molecule has 110 valence electrons. The van der Waals surface area contributed by atoms with Gasteiger partial charge in [-0.05, 0) is 6.92 Å².